The first-order chi connectivity index (χ1) is 11.4. The van der Waals surface area contributed by atoms with E-state index in [1.807, 2.05) is 56.3 Å². The van der Waals surface area contributed by atoms with Crippen LogP contribution in [0.15, 0.2) is 48.5 Å². The second-order valence-electron chi connectivity index (χ2n) is 5.63. The van der Waals surface area contributed by atoms with Gasteiger partial charge < -0.3 is 0 Å². The number of anilines is 1. The lowest BCUT2D eigenvalue weighted by molar-refractivity contribution is 0.600. The Balaban J connectivity index is 1.75. The SMILES string of the molecule is Cc1ccc(-c2nnc(NS(=O)(=O)Cc3cccc(C)c3)s2)cc1. The number of aryl methyl sites for hydroxylation is 2. The summed E-state index contributed by atoms with van der Waals surface area (Å²) in [5, 5.41) is 8.96. The quantitative estimate of drug-likeness (QED) is 0.753. The van der Waals surface area contributed by atoms with Gasteiger partial charge in [-0.3, -0.25) is 4.72 Å². The molecule has 124 valence electrons. The molecular formula is C17H17N3O2S2. The van der Waals surface area contributed by atoms with Gasteiger partial charge in [0.05, 0.1) is 5.75 Å². The molecule has 1 aromatic heterocycles. The number of benzene rings is 2. The van der Waals surface area contributed by atoms with Gasteiger partial charge in [0.1, 0.15) is 5.01 Å². The predicted molar refractivity (Wildman–Crippen MR) is 97.5 cm³/mol. The van der Waals surface area contributed by atoms with Crippen LogP contribution in [0.5, 0.6) is 0 Å². The molecule has 3 aromatic rings. The fourth-order valence-corrected chi connectivity index (χ4v) is 4.41. The van der Waals surface area contributed by atoms with Crippen LogP contribution in [0, 0.1) is 13.8 Å². The molecule has 0 saturated heterocycles. The molecule has 3 rings (SSSR count). The Morgan fingerprint density at radius 1 is 1.00 bits per heavy atom. The molecule has 1 heterocycles. The van der Waals surface area contributed by atoms with Gasteiger partial charge in [0.25, 0.3) is 0 Å². The van der Waals surface area contributed by atoms with Crippen molar-refractivity contribution in [2.45, 2.75) is 19.6 Å². The van der Waals surface area contributed by atoms with Gasteiger partial charge in [-0.1, -0.05) is 71.0 Å². The van der Waals surface area contributed by atoms with E-state index in [-0.39, 0.29) is 10.9 Å². The number of rotatable bonds is 5. The van der Waals surface area contributed by atoms with Gasteiger partial charge in [0.2, 0.25) is 15.2 Å². The van der Waals surface area contributed by atoms with Crippen LogP contribution in [-0.2, 0) is 15.8 Å². The van der Waals surface area contributed by atoms with E-state index < -0.39 is 10.0 Å². The first-order valence-corrected chi connectivity index (χ1v) is 9.85. The van der Waals surface area contributed by atoms with Gasteiger partial charge in [0, 0.05) is 5.56 Å². The predicted octanol–water partition coefficient (Wildman–Crippen LogP) is 3.76. The smallest absolute Gasteiger partial charge is 0.238 e. The molecule has 0 aliphatic carbocycles. The van der Waals surface area contributed by atoms with Crippen molar-refractivity contribution < 1.29 is 8.42 Å². The molecular weight excluding hydrogens is 342 g/mol. The molecule has 7 heteroatoms. The van der Waals surface area contributed by atoms with Crippen molar-refractivity contribution in [3.8, 4) is 10.6 Å². The summed E-state index contributed by atoms with van der Waals surface area (Å²) < 4.78 is 27.1. The zero-order chi connectivity index (χ0) is 17.2. The van der Waals surface area contributed by atoms with Crippen LogP contribution in [0.2, 0.25) is 0 Å². The third-order valence-electron chi connectivity index (χ3n) is 3.41. The van der Waals surface area contributed by atoms with Crippen LogP contribution in [-0.4, -0.2) is 18.6 Å². The van der Waals surface area contributed by atoms with Gasteiger partial charge in [-0.15, -0.1) is 10.2 Å². The second kappa shape index (κ2) is 6.70. The summed E-state index contributed by atoms with van der Waals surface area (Å²) in [5.74, 6) is -0.0892. The van der Waals surface area contributed by atoms with E-state index in [1.54, 1.807) is 6.07 Å². The number of aromatic nitrogens is 2. The lowest BCUT2D eigenvalue weighted by Crippen LogP contribution is -2.15. The van der Waals surface area contributed by atoms with Crippen LogP contribution in [0.1, 0.15) is 16.7 Å². The monoisotopic (exact) mass is 359 g/mol. The average Bonchev–Trinajstić information content (AvgIpc) is 2.95. The minimum absolute atomic E-state index is 0.0892. The largest absolute Gasteiger partial charge is 0.257 e. The summed E-state index contributed by atoms with van der Waals surface area (Å²) >= 11 is 1.22. The summed E-state index contributed by atoms with van der Waals surface area (Å²) in [7, 11) is -3.52. The van der Waals surface area contributed by atoms with E-state index in [9.17, 15) is 8.42 Å². The summed E-state index contributed by atoms with van der Waals surface area (Å²) in [6.07, 6.45) is 0. The van der Waals surface area contributed by atoms with Crippen LogP contribution in [0.3, 0.4) is 0 Å². The summed E-state index contributed by atoms with van der Waals surface area (Å²) in [6, 6.07) is 15.3. The van der Waals surface area contributed by atoms with E-state index in [0.717, 1.165) is 22.3 Å². The normalized spacial score (nSPS) is 11.4. The molecule has 0 atom stereocenters. The van der Waals surface area contributed by atoms with Gasteiger partial charge in [-0.2, -0.15) is 0 Å². The number of sulfonamides is 1. The van der Waals surface area contributed by atoms with Crippen molar-refractivity contribution in [2.75, 3.05) is 4.72 Å². The fraction of sp³-hybridized carbons (Fsp3) is 0.176. The number of hydrogen-bond donors (Lipinski definition) is 1. The Hall–Kier alpha value is -2.25. The number of hydrogen-bond acceptors (Lipinski definition) is 5. The van der Waals surface area contributed by atoms with Crippen molar-refractivity contribution in [3.63, 3.8) is 0 Å². The maximum Gasteiger partial charge on any atom is 0.238 e. The molecule has 5 nitrogen and oxygen atoms in total. The standard InChI is InChI=1S/C17H17N3O2S2/c1-12-6-8-15(9-7-12)16-18-19-17(23-16)20-24(21,22)11-14-5-3-4-13(2)10-14/h3-10H,11H2,1-2H3,(H,19,20). The van der Waals surface area contributed by atoms with E-state index in [4.69, 9.17) is 0 Å². The molecule has 0 amide bonds. The Bertz CT molecular complexity index is 948. The highest BCUT2D eigenvalue weighted by Crippen LogP contribution is 2.27. The fourth-order valence-electron chi connectivity index (χ4n) is 2.27. The van der Waals surface area contributed by atoms with Gasteiger partial charge in [0.15, 0.2) is 0 Å². The zero-order valence-electron chi connectivity index (χ0n) is 13.4. The van der Waals surface area contributed by atoms with Crippen LogP contribution < -0.4 is 4.72 Å². The van der Waals surface area contributed by atoms with Crippen molar-refractivity contribution >= 4 is 26.5 Å². The maximum absolute atomic E-state index is 12.3. The minimum Gasteiger partial charge on any atom is -0.257 e. The van der Waals surface area contributed by atoms with E-state index in [1.165, 1.54) is 11.3 Å². The Kier molecular flexibility index (Phi) is 4.64. The minimum atomic E-state index is -3.52. The molecule has 0 fully saturated rings. The number of nitrogens with one attached hydrogen (secondary N) is 1. The average molecular weight is 359 g/mol. The maximum atomic E-state index is 12.3. The van der Waals surface area contributed by atoms with Crippen LogP contribution in [0.4, 0.5) is 5.13 Å². The lowest BCUT2D eigenvalue weighted by atomic mass is 10.2. The summed E-state index contributed by atoms with van der Waals surface area (Å²) in [5.41, 5.74) is 3.84. The van der Waals surface area contributed by atoms with E-state index in [0.29, 0.717) is 5.01 Å². The Labute approximate surface area is 145 Å². The highest BCUT2D eigenvalue weighted by Gasteiger charge is 2.15. The first kappa shape index (κ1) is 16.6. The molecule has 0 radical (unpaired) electrons. The van der Waals surface area contributed by atoms with Crippen molar-refractivity contribution in [1.82, 2.24) is 10.2 Å². The van der Waals surface area contributed by atoms with Crippen molar-refractivity contribution in [3.05, 3.63) is 65.2 Å². The van der Waals surface area contributed by atoms with Gasteiger partial charge in [-0.25, -0.2) is 8.42 Å². The highest BCUT2D eigenvalue weighted by molar-refractivity contribution is 7.92. The van der Waals surface area contributed by atoms with Gasteiger partial charge >= 0.3 is 0 Å². The molecule has 0 unspecified atom stereocenters. The molecule has 2 aromatic carbocycles. The topological polar surface area (TPSA) is 72.0 Å². The number of nitrogens with zero attached hydrogens (tertiary/aromatic N) is 2. The second-order valence-corrected chi connectivity index (χ2v) is 8.33. The zero-order valence-corrected chi connectivity index (χ0v) is 15.0. The third kappa shape index (κ3) is 4.18. The molecule has 0 spiro atoms. The highest BCUT2D eigenvalue weighted by atomic mass is 32.2. The molecule has 0 aliphatic rings. The third-order valence-corrected chi connectivity index (χ3v) is 5.64. The Morgan fingerprint density at radius 3 is 2.46 bits per heavy atom. The van der Waals surface area contributed by atoms with Crippen molar-refractivity contribution in [2.24, 2.45) is 0 Å². The molecule has 0 aliphatic heterocycles. The molecule has 1 N–H and O–H groups in total. The lowest BCUT2D eigenvalue weighted by Gasteiger charge is -2.05. The van der Waals surface area contributed by atoms with E-state index in [2.05, 4.69) is 14.9 Å². The van der Waals surface area contributed by atoms with Crippen molar-refractivity contribution in [1.29, 1.82) is 0 Å². The summed E-state index contributed by atoms with van der Waals surface area (Å²) in [4.78, 5) is 0. The molecule has 0 bridgehead atoms. The van der Waals surface area contributed by atoms with Crippen LogP contribution in [0.25, 0.3) is 10.6 Å². The summed E-state index contributed by atoms with van der Waals surface area (Å²) in [6.45, 7) is 3.94. The van der Waals surface area contributed by atoms with Crippen LogP contribution >= 0.6 is 11.3 Å². The Morgan fingerprint density at radius 2 is 1.75 bits per heavy atom. The molecule has 24 heavy (non-hydrogen) atoms. The molecule has 0 saturated carbocycles. The van der Waals surface area contributed by atoms with Gasteiger partial charge in [-0.05, 0) is 19.4 Å². The first-order valence-electron chi connectivity index (χ1n) is 7.38. The van der Waals surface area contributed by atoms with E-state index >= 15 is 0 Å².